The van der Waals surface area contributed by atoms with Gasteiger partial charge in [-0.05, 0) is 80.0 Å². The van der Waals surface area contributed by atoms with E-state index in [2.05, 4.69) is 10.2 Å². The van der Waals surface area contributed by atoms with Crippen LogP contribution in [-0.4, -0.2) is 51.2 Å². The highest BCUT2D eigenvalue weighted by Gasteiger charge is 2.73. The predicted octanol–water partition coefficient (Wildman–Crippen LogP) is 3.24. The van der Waals surface area contributed by atoms with Crippen LogP contribution in [0.25, 0.3) is 0 Å². The van der Waals surface area contributed by atoms with Crippen LogP contribution in [0.3, 0.4) is 0 Å². The molecule has 4 atom stereocenters. The van der Waals surface area contributed by atoms with Crippen molar-refractivity contribution < 1.29 is 15.0 Å². The molecule has 3 aliphatic carbocycles. The number of Topliss-reactive ketones (excluding diaryl/α,β-unsaturated/α-hetero) is 1. The lowest BCUT2D eigenvalue weighted by molar-refractivity contribution is -0.131. The van der Waals surface area contributed by atoms with Crippen LogP contribution in [0.15, 0.2) is 42.5 Å². The molecule has 2 aromatic carbocycles. The molecular formula is C26H28N2O3. The van der Waals surface area contributed by atoms with Crippen molar-refractivity contribution in [1.29, 1.82) is 0 Å². The fourth-order valence-corrected chi connectivity index (χ4v) is 7.51. The zero-order valence-corrected chi connectivity index (χ0v) is 17.6. The Kier molecular flexibility index (Phi) is 3.35. The van der Waals surface area contributed by atoms with E-state index in [4.69, 9.17) is 0 Å². The summed E-state index contributed by atoms with van der Waals surface area (Å²) in [5, 5.41) is 26.4. The minimum absolute atomic E-state index is 0.0107. The van der Waals surface area contributed by atoms with Crippen molar-refractivity contribution in [3.05, 3.63) is 59.2 Å². The third kappa shape index (κ3) is 2.21. The van der Waals surface area contributed by atoms with Gasteiger partial charge in [0.05, 0.1) is 5.60 Å². The Labute approximate surface area is 182 Å². The second-order valence-electron chi connectivity index (χ2n) is 10.7. The molecule has 3 N–H and O–H groups in total. The lowest BCUT2D eigenvalue weighted by Crippen LogP contribution is -2.69. The van der Waals surface area contributed by atoms with Gasteiger partial charge < -0.3 is 15.5 Å². The summed E-state index contributed by atoms with van der Waals surface area (Å²) in [6.07, 6.45) is 5.17. The molecule has 160 valence electrons. The molecule has 2 aliphatic heterocycles. The number of nitrogens with zero attached hydrogens (tertiary/aromatic N) is 1. The van der Waals surface area contributed by atoms with Crippen molar-refractivity contribution in [1.82, 2.24) is 4.90 Å². The van der Waals surface area contributed by atoms with E-state index in [1.165, 1.54) is 18.4 Å². The highest BCUT2D eigenvalue weighted by atomic mass is 16.3. The Bertz CT molecular complexity index is 1130. The molecule has 2 saturated carbocycles. The van der Waals surface area contributed by atoms with Crippen LogP contribution in [0.1, 0.15) is 53.6 Å². The van der Waals surface area contributed by atoms with Gasteiger partial charge in [0, 0.05) is 35.7 Å². The fraction of sp³-hybridized carbons (Fsp3) is 0.500. The Morgan fingerprint density at radius 2 is 1.97 bits per heavy atom. The quantitative estimate of drug-likeness (QED) is 0.701. The number of piperidine rings is 1. The number of aliphatic hydroxyl groups is 1. The number of carbonyl (C=O) groups is 1. The summed E-state index contributed by atoms with van der Waals surface area (Å²) in [5.74, 6) is 1.11. The van der Waals surface area contributed by atoms with E-state index in [1.807, 2.05) is 36.4 Å². The topological polar surface area (TPSA) is 72.8 Å². The maximum Gasteiger partial charge on any atom is 0.190 e. The number of anilines is 1. The maximum absolute atomic E-state index is 13.7. The molecule has 5 aliphatic rings. The van der Waals surface area contributed by atoms with E-state index in [-0.39, 0.29) is 17.6 Å². The molecule has 0 amide bonds. The van der Waals surface area contributed by atoms with Crippen molar-refractivity contribution >= 4 is 11.5 Å². The Hall–Kier alpha value is -2.37. The van der Waals surface area contributed by atoms with Crippen LogP contribution >= 0.6 is 0 Å². The summed E-state index contributed by atoms with van der Waals surface area (Å²) in [6, 6.07) is 13.4. The number of fused-ring (bicyclic) bond motifs is 2. The monoisotopic (exact) mass is 416 g/mol. The second-order valence-corrected chi connectivity index (χ2v) is 10.7. The molecule has 7 rings (SSSR count). The van der Waals surface area contributed by atoms with E-state index >= 15 is 0 Å². The standard InChI is InChI=1S/C26H28N2O3/c29-18-8-7-17-11-22-26(31)15-25(23(30)19-3-1-2-4-21(19)27-25)14-24(26,20(17)12-18)9-10-28(22)13-16-5-6-16/h1-4,7-8,12,16,22,27,29,31H,5-6,9-11,13-15H2/t22-,24-,25?,26-/m1/s1. The molecule has 2 heterocycles. The van der Waals surface area contributed by atoms with E-state index in [1.54, 1.807) is 6.07 Å². The van der Waals surface area contributed by atoms with Gasteiger partial charge in [-0.1, -0.05) is 18.2 Å². The smallest absolute Gasteiger partial charge is 0.190 e. The first-order valence-electron chi connectivity index (χ1n) is 11.7. The normalized spacial score (nSPS) is 38.0. The summed E-state index contributed by atoms with van der Waals surface area (Å²) in [6.45, 7) is 1.99. The zero-order chi connectivity index (χ0) is 21.0. The van der Waals surface area contributed by atoms with Crippen LogP contribution in [0.2, 0.25) is 0 Å². The highest BCUT2D eigenvalue weighted by molar-refractivity contribution is 6.14. The van der Waals surface area contributed by atoms with Gasteiger partial charge in [-0.15, -0.1) is 0 Å². The average molecular weight is 417 g/mol. The van der Waals surface area contributed by atoms with E-state index < -0.39 is 16.6 Å². The number of benzene rings is 2. The van der Waals surface area contributed by atoms with Gasteiger partial charge in [0.1, 0.15) is 11.3 Å². The van der Waals surface area contributed by atoms with Gasteiger partial charge in [0.25, 0.3) is 0 Å². The van der Waals surface area contributed by atoms with Gasteiger partial charge in [-0.2, -0.15) is 0 Å². The summed E-state index contributed by atoms with van der Waals surface area (Å²) < 4.78 is 0. The molecule has 1 spiro atoms. The van der Waals surface area contributed by atoms with Gasteiger partial charge in [-0.25, -0.2) is 0 Å². The van der Waals surface area contributed by atoms with Gasteiger partial charge in [0.15, 0.2) is 5.78 Å². The number of hydrogen-bond acceptors (Lipinski definition) is 5. The van der Waals surface area contributed by atoms with Crippen LogP contribution in [-0.2, 0) is 11.8 Å². The number of ketones is 1. The molecule has 3 fully saturated rings. The minimum Gasteiger partial charge on any atom is -0.508 e. The maximum atomic E-state index is 13.7. The molecule has 0 aromatic heterocycles. The minimum atomic E-state index is -0.994. The Morgan fingerprint density at radius 3 is 2.77 bits per heavy atom. The van der Waals surface area contributed by atoms with E-state index in [0.717, 1.165) is 48.7 Å². The molecule has 5 heteroatoms. The number of hydrogen-bond donors (Lipinski definition) is 3. The van der Waals surface area contributed by atoms with Crippen LogP contribution in [0, 0.1) is 5.92 Å². The second kappa shape index (κ2) is 5.70. The SMILES string of the molecule is O=C1c2ccccc2NC12C[C@]13CCN(CC4CC4)[C@H](Cc4ccc(O)cc41)[C@]3(O)C2. The Balaban J connectivity index is 1.40. The molecule has 0 radical (unpaired) electrons. The van der Waals surface area contributed by atoms with Crippen molar-refractivity contribution in [2.75, 3.05) is 18.4 Å². The molecular weight excluding hydrogens is 388 g/mol. The van der Waals surface area contributed by atoms with Crippen molar-refractivity contribution in [3.63, 3.8) is 0 Å². The third-order valence-corrected chi connectivity index (χ3v) is 9.01. The molecule has 2 aromatic rings. The lowest BCUT2D eigenvalue weighted by Gasteiger charge is -2.59. The zero-order valence-electron chi connectivity index (χ0n) is 17.6. The molecule has 31 heavy (non-hydrogen) atoms. The van der Waals surface area contributed by atoms with Crippen molar-refractivity contribution in [3.8, 4) is 5.75 Å². The summed E-state index contributed by atoms with van der Waals surface area (Å²) in [7, 11) is 0. The first-order chi connectivity index (χ1) is 14.9. The average Bonchev–Trinajstić information content (AvgIpc) is 3.46. The van der Waals surface area contributed by atoms with Crippen LogP contribution < -0.4 is 5.32 Å². The van der Waals surface area contributed by atoms with Crippen molar-refractivity contribution in [2.24, 2.45) is 5.92 Å². The molecule has 5 nitrogen and oxygen atoms in total. The number of nitrogens with one attached hydrogen (secondary N) is 1. The number of rotatable bonds is 2. The first kappa shape index (κ1) is 18.2. The number of phenols is 1. The fourth-order valence-electron chi connectivity index (χ4n) is 7.51. The number of phenolic OH excluding ortho intramolecular Hbond substituents is 1. The lowest BCUT2D eigenvalue weighted by atomic mass is 9.56. The number of carbonyl (C=O) groups excluding carboxylic acids is 1. The summed E-state index contributed by atoms with van der Waals surface area (Å²) in [5.41, 5.74) is 1.60. The van der Waals surface area contributed by atoms with Gasteiger partial charge in [-0.3, -0.25) is 9.69 Å². The van der Waals surface area contributed by atoms with Gasteiger partial charge in [0.2, 0.25) is 0 Å². The largest absolute Gasteiger partial charge is 0.508 e. The molecule has 2 bridgehead atoms. The molecule has 1 saturated heterocycles. The van der Waals surface area contributed by atoms with Crippen molar-refractivity contribution in [2.45, 2.75) is 61.1 Å². The molecule has 1 unspecified atom stereocenters. The predicted molar refractivity (Wildman–Crippen MR) is 118 cm³/mol. The first-order valence-corrected chi connectivity index (χ1v) is 11.7. The van der Waals surface area contributed by atoms with E-state index in [9.17, 15) is 15.0 Å². The number of para-hydroxylation sites is 1. The number of aromatic hydroxyl groups is 1. The summed E-state index contributed by atoms with van der Waals surface area (Å²) >= 11 is 0. The number of likely N-dealkylation sites (tertiary alicyclic amines) is 1. The van der Waals surface area contributed by atoms with Crippen LogP contribution in [0.4, 0.5) is 5.69 Å². The highest BCUT2D eigenvalue weighted by Crippen LogP contribution is 2.65. The Morgan fingerprint density at radius 1 is 1.13 bits per heavy atom. The van der Waals surface area contributed by atoms with Gasteiger partial charge >= 0.3 is 0 Å². The summed E-state index contributed by atoms with van der Waals surface area (Å²) in [4.78, 5) is 16.2. The van der Waals surface area contributed by atoms with E-state index in [0.29, 0.717) is 12.8 Å². The third-order valence-electron chi connectivity index (χ3n) is 9.01. The van der Waals surface area contributed by atoms with Crippen LogP contribution in [0.5, 0.6) is 5.75 Å².